The molecule has 2 aromatic carbocycles. The summed E-state index contributed by atoms with van der Waals surface area (Å²) < 4.78 is 5.37. The SMILES string of the molecule is CCCN(CCC)c1ccc(-c2nnc(C3CCCCCC3)nc2-c2ccc(OC)cc2)cc1. The molecule has 1 aromatic heterocycles. The highest BCUT2D eigenvalue weighted by Crippen LogP contribution is 2.34. The number of hydrogen-bond donors (Lipinski definition) is 0. The van der Waals surface area contributed by atoms with Gasteiger partial charge in [-0.1, -0.05) is 51.7 Å². The highest BCUT2D eigenvalue weighted by atomic mass is 16.5. The first-order valence-electron chi connectivity index (χ1n) is 13.0. The van der Waals surface area contributed by atoms with E-state index in [1.807, 2.05) is 12.1 Å². The van der Waals surface area contributed by atoms with Gasteiger partial charge in [-0.05, 0) is 62.1 Å². The number of hydrogen-bond acceptors (Lipinski definition) is 5. The summed E-state index contributed by atoms with van der Waals surface area (Å²) in [6.45, 7) is 6.61. The van der Waals surface area contributed by atoms with Gasteiger partial charge in [0.25, 0.3) is 0 Å². The molecule has 0 unspecified atom stereocenters. The van der Waals surface area contributed by atoms with E-state index in [1.165, 1.54) is 31.4 Å². The van der Waals surface area contributed by atoms with Crippen LogP contribution in [-0.2, 0) is 0 Å². The highest BCUT2D eigenvalue weighted by Gasteiger charge is 2.21. The molecule has 1 aliphatic carbocycles. The van der Waals surface area contributed by atoms with Crippen molar-refractivity contribution in [3.63, 3.8) is 0 Å². The van der Waals surface area contributed by atoms with E-state index in [1.54, 1.807) is 7.11 Å². The molecule has 0 atom stereocenters. The smallest absolute Gasteiger partial charge is 0.154 e. The summed E-state index contributed by atoms with van der Waals surface area (Å²) in [4.78, 5) is 7.58. The molecule has 0 saturated heterocycles. The Hall–Kier alpha value is -2.95. The van der Waals surface area contributed by atoms with Crippen LogP contribution in [0.1, 0.15) is 77.0 Å². The van der Waals surface area contributed by atoms with Gasteiger partial charge in [-0.3, -0.25) is 0 Å². The van der Waals surface area contributed by atoms with Gasteiger partial charge in [0.05, 0.1) is 7.11 Å². The Morgan fingerprint density at radius 3 is 1.94 bits per heavy atom. The van der Waals surface area contributed by atoms with Crippen LogP contribution in [0, 0.1) is 0 Å². The third kappa shape index (κ3) is 5.75. The minimum Gasteiger partial charge on any atom is -0.497 e. The minimum atomic E-state index is 0.403. The van der Waals surface area contributed by atoms with E-state index in [9.17, 15) is 0 Å². The van der Waals surface area contributed by atoms with Gasteiger partial charge in [0.2, 0.25) is 0 Å². The van der Waals surface area contributed by atoms with Crippen molar-refractivity contribution in [2.24, 2.45) is 0 Å². The molecule has 0 spiro atoms. The van der Waals surface area contributed by atoms with Gasteiger partial charge in [-0.15, -0.1) is 10.2 Å². The van der Waals surface area contributed by atoms with Crippen LogP contribution in [0.5, 0.6) is 5.75 Å². The Morgan fingerprint density at radius 2 is 1.35 bits per heavy atom. The molecule has 0 amide bonds. The van der Waals surface area contributed by atoms with Crippen LogP contribution >= 0.6 is 0 Å². The molecule has 5 heteroatoms. The van der Waals surface area contributed by atoms with Crippen molar-refractivity contribution in [3.05, 3.63) is 54.4 Å². The van der Waals surface area contributed by atoms with Gasteiger partial charge < -0.3 is 9.64 Å². The summed E-state index contributed by atoms with van der Waals surface area (Å²) in [7, 11) is 1.69. The Balaban J connectivity index is 1.71. The van der Waals surface area contributed by atoms with Gasteiger partial charge in [0, 0.05) is 35.8 Å². The molecule has 0 bridgehead atoms. The molecule has 1 heterocycles. The van der Waals surface area contributed by atoms with Crippen LogP contribution in [0.15, 0.2) is 48.5 Å². The summed E-state index contributed by atoms with van der Waals surface area (Å²) in [6.07, 6.45) is 9.72. The lowest BCUT2D eigenvalue weighted by Gasteiger charge is -2.24. The molecule has 5 nitrogen and oxygen atoms in total. The average molecular weight is 459 g/mol. The zero-order valence-electron chi connectivity index (χ0n) is 21.0. The largest absolute Gasteiger partial charge is 0.497 e. The van der Waals surface area contributed by atoms with E-state index in [-0.39, 0.29) is 0 Å². The molecule has 1 aliphatic rings. The summed E-state index contributed by atoms with van der Waals surface area (Å²) in [5.74, 6) is 2.14. The quantitative estimate of drug-likeness (QED) is 0.315. The summed E-state index contributed by atoms with van der Waals surface area (Å²) in [5, 5.41) is 9.42. The van der Waals surface area contributed by atoms with E-state index in [4.69, 9.17) is 14.8 Å². The fourth-order valence-electron chi connectivity index (χ4n) is 4.93. The van der Waals surface area contributed by atoms with Gasteiger partial charge in [-0.2, -0.15) is 0 Å². The van der Waals surface area contributed by atoms with Crippen LogP contribution in [-0.4, -0.2) is 35.4 Å². The van der Waals surface area contributed by atoms with Gasteiger partial charge in [0.1, 0.15) is 17.1 Å². The second-order valence-corrected chi connectivity index (χ2v) is 9.32. The number of anilines is 1. The Bertz CT molecular complexity index is 1020. The van der Waals surface area contributed by atoms with Crippen LogP contribution in [0.25, 0.3) is 22.5 Å². The first kappa shape index (κ1) is 24.2. The van der Waals surface area contributed by atoms with Crippen LogP contribution in [0.2, 0.25) is 0 Å². The third-order valence-corrected chi connectivity index (χ3v) is 6.78. The Labute approximate surface area is 204 Å². The minimum absolute atomic E-state index is 0.403. The lowest BCUT2D eigenvalue weighted by Crippen LogP contribution is -2.24. The lowest BCUT2D eigenvalue weighted by atomic mass is 9.98. The van der Waals surface area contributed by atoms with E-state index in [0.717, 1.165) is 72.9 Å². The molecular formula is C29H38N4O. The second-order valence-electron chi connectivity index (χ2n) is 9.32. The van der Waals surface area contributed by atoms with Crippen molar-refractivity contribution in [2.45, 2.75) is 71.1 Å². The van der Waals surface area contributed by atoms with E-state index >= 15 is 0 Å². The predicted molar refractivity (Wildman–Crippen MR) is 140 cm³/mol. The average Bonchev–Trinajstić information content (AvgIpc) is 3.18. The summed E-state index contributed by atoms with van der Waals surface area (Å²) in [6, 6.07) is 16.9. The fourth-order valence-corrected chi connectivity index (χ4v) is 4.93. The fraction of sp³-hybridized carbons (Fsp3) is 0.483. The Morgan fingerprint density at radius 1 is 0.765 bits per heavy atom. The summed E-state index contributed by atoms with van der Waals surface area (Å²) in [5.41, 5.74) is 5.10. The molecule has 34 heavy (non-hydrogen) atoms. The zero-order chi connectivity index (χ0) is 23.8. The number of nitrogens with zero attached hydrogens (tertiary/aromatic N) is 4. The molecular weight excluding hydrogens is 420 g/mol. The first-order valence-corrected chi connectivity index (χ1v) is 13.0. The molecule has 0 N–H and O–H groups in total. The third-order valence-electron chi connectivity index (χ3n) is 6.78. The topological polar surface area (TPSA) is 51.1 Å². The van der Waals surface area contributed by atoms with Crippen molar-refractivity contribution in [1.82, 2.24) is 15.2 Å². The van der Waals surface area contributed by atoms with Crippen molar-refractivity contribution < 1.29 is 4.74 Å². The van der Waals surface area contributed by atoms with Gasteiger partial charge in [-0.25, -0.2) is 4.98 Å². The maximum Gasteiger partial charge on any atom is 0.154 e. The molecule has 1 fully saturated rings. The first-order chi connectivity index (χ1) is 16.7. The second kappa shape index (κ2) is 12.0. The highest BCUT2D eigenvalue weighted by molar-refractivity contribution is 5.78. The normalized spacial score (nSPS) is 14.6. The maximum absolute atomic E-state index is 5.37. The monoisotopic (exact) mass is 458 g/mol. The van der Waals surface area contributed by atoms with Crippen LogP contribution < -0.4 is 9.64 Å². The number of benzene rings is 2. The van der Waals surface area contributed by atoms with E-state index in [0.29, 0.717) is 5.92 Å². The van der Waals surface area contributed by atoms with Crippen molar-refractivity contribution in [2.75, 3.05) is 25.1 Å². The van der Waals surface area contributed by atoms with Crippen LogP contribution in [0.4, 0.5) is 5.69 Å². The van der Waals surface area contributed by atoms with Crippen LogP contribution in [0.3, 0.4) is 0 Å². The zero-order valence-corrected chi connectivity index (χ0v) is 21.0. The van der Waals surface area contributed by atoms with Crippen molar-refractivity contribution >= 4 is 5.69 Å². The number of rotatable bonds is 9. The number of ether oxygens (including phenoxy) is 1. The van der Waals surface area contributed by atoms with Gasteiger partial charge in [0.15, 0.2) is 5.82 Å². The van der Waals surface area contributed by atoms with Crippen molar-refractivity contribution in [3.8, 4) is 28.3 Å². The Kier molecular flexibility index (Phi) is 8.51. The molecule has 180 valence electrons. The molecule has 1 saturated carbocycles. The standard InChI is InChI=1S/C29H38N4O/c1-4-20-33(21-5-2)25-16-12-23(13-17-25)28-27(22-14-18-26(34-3)19-15-22)30-29(32-31-28)24-10-8-6-7-9-11-24/h12-19,24H,4-11,20-21H2,1-3H3. The molecule has 0 aliphatic heterocycles. The molecule has 3 aromatic rings. The maximum atomic E-state index is 5.37. The molecule has 4 rings (SSSR count). The number of aromatic nitrogens is 3. The summed E-state index contributed by atoms with van der Waals surface area (Å²) >= 11 is 0. The van der Waals surface area contributed by atoms with Crippen molar-refractivity contribution in [1.29, 1.82) is 0 Å². The van der Waals surface area contributed by atoms with Gasteiger partial charge >= 0.3 is 0 Å². The lowest BCUT2D eigenvalue weighted by molar-refractivity contribution is 0.415. The van der Waals surface area contributed by atoms with E-state index in [2.05, 4.69) is 60.2 Å². The number of methoxy groups -OCH3 is 1. The van der Waals surface area contributed by atoms with E-state index < -0.39 is 0 Å². The molecule has 0 radical (unpaired) electrons. The predicted octanol–water partition coefficient (Wildman–Crippen LogP) is 7.28.